The first-order valence-corrected chi connectivity index (χ1v) is 8.35. The Kier molecular flexibility index (Phi) is 11.1. The first kappa shape index (κ1) is 18.8. The zero-order chi connectivity index (χ0) is 15.2. The van der Waals surface area contributed by atoms with Crippen molar-refractivity contribution in [1.82, 2.24) is 5.32 Å². The second-order valence-electron chi connectivity index (χ2n) is 5.77. The van der Waals surface area contributed by atoms with Crippen molar-refractivity contribution < 1.29 is 18.9 Å². The van der Waals surface area contributed by atoms with Crippen LogP contribution in [0.3, 0.4) is 0 Å². The van der Waals surface area contributed by atoms with Crippen molar-refractivity contribution in [2.24, 2.45) is 0 Å². The summed E-state index contributed by atoms with van der Waals surface area (Å²) >= 11 is 0. The van der Waals surface area contributed by atoms with E-state index in [9.17, 15) is 0 Å². The third-order valence-corrected chi connectivity index (χ3v) is 3.61. The van der Waals surface area contributed by atoms with E-state index in [1.807, 2.05) is 0 Å². The molecular formula is C16H33NO4. The number of unbranched alkanes of at least 4 members (excludes halogenated alkanes) is 1. The lowest BCUT2D eigenvalue weighted by atomic mass is 10.0. The Bertz CT molecular complexity index is 232. The average molecular weight is 303 g/mol. The molecule has 0 radical (unpaired) electrons. The lowest BCUT2D eigenvalue weighted by Crippen LogP contribution is -2.38. The molecule has 1 N–H and O–H groups in total. The van der Waals surface area contributed by atoms with Crippen molar-refractivity contribution >= 4 is 0 Å². The minimum Gasteiger partial charge on any atom is -0.379 e. The van der Waals surface area contributed by atoms with Crippen LogP contribution in [0.5, 0.6) is 0 Å². The molecule has 0 aromatic heterocycles. The highest BCUT2D eigenvalue weighted by molar-refractivity contribution is 4.82. The highest BCUT2D eigenvalue weighted by atomic mass is 16.5. The van der Waals surface area contributed by atoms with Gasteiger partial charge in [0.15, 0.2) is 0 Å². The summed E-state index contributed by atoms with van der Waals surface area (Å²) in [5.74, 6) is 0. The minimum absolute atomic E-state index is 0.0287. The Morgan fingerprint density at radius 1 is 1.00 bits per heavy atom. The van der Waals surface area contributed by atoms with Crippen molar-refractivity contribution in [3.05, 3.63) is 0 Å². The molecule has 5 heteroatoms. The van der Waals surface area contributed by atoms with Crippen LogP contribution in [0.2, 0.25) is 0 Å². The molecule has 0 bridgehead atoms. The predicted molar refractivity (Wildman–Crippen MR) is 83.8 cm³/mol. The van der Waals surface area contributed by atoms with Crippen molar-refractivity contribution in [2.75, 3.05) is 59.3 Å². The molecule has 0 aliphatic carbocycles. The van der Waals surface area contributed by atoms with Crippen LogP contribution in [0.4, 0.5) is 0 Å². The summed E-state index contributed by atoms with van der Waals surface area (Å²) in [6, 6.07) is 0. The van der Waals surface area contributed by atoms with E-state index in [0.29, 0.717) is 33.0 Å². The Morgan fingerprint density at radius 2 is 1.67 bits per heavy atom. The summed E-state index contributed by atoms with van der Waals surface area (Å²) in [7, 11) is 0. The van der Waals surface area contributed by atoms with E-state index in [0.717, 1.165) is 39.1 Å². The maximum atomic E-state index is 5.71. The fraction of sp³-hybridized carbons (Fsp3) is 1.00. The monoisotopic (exact) mass is 303 g/mol. The summed E-state index contributed by atoms with van der Waals surface area (Å²) in [6.07, 6.45) is 4.62. The Labute approximate surface area is 129 Å². The Balaban J connectivity index is 1.73. The summed E-state index contributed by atoms with van der Waals surface area (Å²) in [4.78, 5) is 0. The molecule has 126 valence electrons. The van der Waals surface area contributed by atoms with Crippen LogP contribution in [-0.2, 0) is 18.9 Å². The molecule has 21 heavy (non-hydrogen) atoms. The van der Waals surface area contributed by atoms with E-state index in [-0.39, 0.29) is 5.60 Å². The molecule has 0 saturated carbocycles. The standard InChI is InChI=1S/C16H33NO4/c1-3-4-8-18-11-13-20-14-12-19-10-7-17-15-16(2)6-5-9-21-16/h17H,3-15H2,1-2H3. The second-order valence-corrected chi connectivity index (χ2v) is 5.77. The van der Waals surface area contributed by atoms with E-state index in [1.54, 1.807) is 0 Å². The van der Waals surface area contributed by atoms with Crippen LogP contribution in [-0.4, -0.2) is 64.9 Å². The van der Waals surface area contributed by atoms with Crippen LogP contribution in [0.1, 0.15) is 39.5 Å². The van der Waals surface area contributed by atoms with Crippen LogP contribution >= 0.6 is 0 Å². The molecule has 1 aliphatic rings. The van der Waals surface area contributed by atoms with Gasteiger partial charge >= 0.3 is 0 Å². The molecule has 1 unspecified atom stereocenters. The van der Waals surface area contributed by atoms with Gasteiger partial charge in [-0.05, 0) is 26.2 Å². The second kappa shape index (κ2) is 12.4. The van der Waals surface area contributed by atoms with Gasteiger partial charge < -0.3 is 24.3 Å². The van der Waals surface area contributed by atoms with Crippen LogP contribution < -0.4 is 5.32 Å². The van der Waals surface area contributed by atoms with Crippen LogP contribution in [0.25, 0.3) is 0 Å². The summed E-state index contributed by atoms with van der Waals surface area (Å²) in [6.45, 7) is 11.2. The molecule has 0 aromatic carbocycles. The highest BCUT2D eigenvalue weighted by Crippen LogP contribution is 2.23. The molecule has 1 heterocycles. The molecule has 0 amide bonds. The van der Waals surface area contributed by atoms with E-state index in [4.69, 9.17) is 18.9 Å². The normalized spacial score (nSPS) is 22.0. The van der Waals surface area contributed by atoms with E-state index in [1.165, 1.54) is 12.8 Å². The lowest BCUT2D eigenvalue weighted by molar-refractivity contribution is 0.00921. The summed E-state index contributed by atoms with van der Waals surface area (Å²) in [5, 5.41) is 3.39. The fourth-order valence-corrected chi connectivity index (χ4v) is 2.26. The molecule has 1 fully saturated rings. The van der Waals surface area contributed by atoms with Gasteiger partial charge in [0.05, 0.1) is 38.6 Å². The largest absolute Gasteiger partial charge is 0.379 e. The third kappa shape index (κ3) is 10.2. The van der Waals surface area contributed by atoms with Gasteiger partial charge in [0.1, 0.15) is 0 Å². The number of ether oxygens (including phenoxy) is 4. The first-order valence-electron chi connectivity index (χ1n) is 8.35. The zero-order valence-corrected chi connectivity index (χ0v) is 13.8. The SMILES string of the molecule is CCCCOCCOCCOCCNCC1(C)CCCO1. The van der Waals surface area contributed by atoms with Gasteiger partial charge in [0.2, 0.25) is 0 Å². The molecule has 1 saturated heterocycles. The topological polar surface area (TPSA) is 49.0 Å². The number of hydrogen-bond acceptors (Lipinski definition) is 5. The minimum atomic E-state index is 0.0287. The van der Waals surface area contributed by atoms with E-state index >= 15 is 0 Å². The average Bonchev–Trinajstić information content (AvgIpc) is 2.91. The Hall–Kier alpha value is -0.200. The smallest absolute Gasteiger partial charge is 0.0779 e. The quantitative estimate of drug-likeness (QED) is 0.497. The van der Waals surface area contributed by atoms with Crippen molar-refractivity contribution in [2.45, 2.75) is 45.1 Å². The van der Waals surface area contributed by atoms with E-state index < -0.39 is 0 Å². The lowest BCUT2D eigenvalue weighted by Gasteiger charge is -2.23. The summed E-state index contributed by atoms with van der Waals surface area (Å²) in [5.41, 5.74) is 0.0287. The molecule has 5 nitrogen and oxygen atoms in total. The fourth-order valence-electron chi connectivity index (χ4n) is 2.26. The molecule has 1 aliphatic heterocycles. The number of nitrogens with one attached hydrogen (secondary N) is 1. The number of hydrogen-bond donors (Lipinski definition) is 1. The van der Waals surface area contributed by atoms with Gasteiger partial charge in [-0.3, -0.25) is 0 Å². The van der Waals surface area contributed by atoms with E-state index in [2.05, 4.69) is 19.2 Å². The van der Waals surface area contributed by atoms with Gasteiger partial charge in [-0.1, -0.05) is 13.3 Å². The van der Waals surface area contributed by atoms with Crippen molar-refractivity contribution in [1.29, 1.82) is 0 Å². The predicted octanol–water partition coefficient (Wildman–Crippen LogP) is 1.99. The van der Waals surface area contributed by atoms with Crippen LogP contribution in [0.15, 0.2) is 0 Å². The maximum Gasteiger partial charge on any atom is 0.0779 e. The van der Waals surface area contributed by atoms with Gasteiger partial charge in [-0.2, -0.15) is 0 Å². The summed E-state index contributed by atoms with van der Waals surface area (Å²) < 4.78 is 22.1. The zero-order valence-electron chi connectivity index (χ0n) is 13.8. The van der Waals surface area contributed by atoms with Gasteiger partial charge in [0, 0.05) is 26.3 Å². The highest BCUT2D eigenvalue weighted by Gasteiger charge is 2.28. The number of rotatable bonds is 14. The van der Waals surface area contributed by atoms with Gasteiger partial charge in [0.25, 0.3) is 0 Å². The molecular weight excluding hydrogens is 270 g/mol. The first-order chi connectivity index (χ1) is 10.3. The van der Waals surface area contributed by atoms with Gasteiger partial charge in [-0.25, -0.2) is 0 Å². The van der Waals surface area contributed by atoms with Crippen molar-refractivity contribution in [3.63, 3.8) is 0 Å². The Morgan fingerprint density at radius 3 is 2.29 bits per heavy atom. The molecule has 1 rings (SSSR count). The maximum absolute atomic E-state index is 5.71. The van der Waals surface area contributed by atoms with Gasteiger partial charge in [-0.15, -0.1) is 0 Å². The molecule has 0 spiro atoms. The molecule has 1 atom stereocenters. The van der Waals surface area contributed by atoms with Crippen molar-refractivity contribution in [3.8, 4) is 0 Å². The molecule has 0 aromatic rings. The third-order valence-electron chi connectivity index (χ3n) is 3.61. The van der Waals surface area contributed by atoms with Crippen LogP contribution in [0, 0.1) is 0 Å².